The van der Waals surface area contributed by atoms with Gasteiger partial charge in [0, 0.05) is 6.92 Å². The molecule has 0 spiro atoms. The van der Waals surface area contributed by atoms with Crippen LogP contribution in [0.25, 0.3) is 0 Å². The van der Waals surface area contributed by atoms with Crippen LogP contribution < -0.4 is 5.32 Å². The number of ether oxygens (including phenoxy) is 7. The Bertz CT molecular complexity index is 1260. The van der Waals surface area contributed by atoms with Crippen molar-refractivity contribution in [3.63, 3.8) is 0 Å². The molecule has 1 amide bonds. The van der Waals surface area contributed by atoms with Gasteiger partial charge in [-0.15, -0.1) is 0 Å². The van der Waals surface area contributed by atoms with Crippen molar-refractivity contribution in [1.29, 1.82) is 0 Å². The highest BCUT2D eigenvalue weighted by molar-refractivity contribution is 7.80. The monoisotopic (exact) mass is 787 g/mol. The lowest BCUT2D eigenvalue weighted by molar-refractivity contribution is -0.379. The van der Waals surface area contributed by atoms with Crippen LogP contribution in [0.4, 0.5) is 0 Å². The first-order valence-electron chi connectivity index (χ1n) is 15.8. The third-order valence-corrected chi connectivity index (χ3v) is 9.28. The van der Waals surface area contributed by atoms with Gasteiger partial charge in [-0.05, 0) is 0 Å². The van der Waals surface area contributed by atoms with E-state index in [2.05, 4.69) is 9.50 Å². The summed E-state index contributed by atoms with van der Waals surface area (Å²) < 4.78 is 74.9. The molecule has 0 aliphatic carbocycles. The van der Waals surface area contributed by atoms with Crippen molar-refractivity contribution in [2.24, 2.45) is 0 Å². The van der Waals surface area contributed by atoms with Crippen LogP contribution in [0.15, 0.2) is 0 Å². The molecule has 26 heteroatoms. The first-order valence-corrected chi connectivity index (χ1v) is 17.1. The molecular weight excluding hydrogens is 742 g/mol. The van der Waals surface area contributed by atoms with Gasteiger partial charge < -0.3 is 99.8 Å². The molecule has 14 N–H and O–H groups in total. The number of hydrogen-bond donors (Lipinski definition) is 14. The minimum absolute atomic E-state index is 0.851. The van der Waals surface area contributed by atoms with Gasteiger partial charge in [0.05, 0.1) is 26.4 Å². The van der Waals surface area contributed by atoms with E-state index in [-0.39, 0.29) is 0 Å². The van der Waals surface area contributed by atoms with Gasteiger partial charge in [0.25, 0.3) is 0 Å². The van der Waals surface area contributed by atoms with E-state index in [1.54, 1.807) is 0 Å². The number of amides is 1. The Balaban J connectivity index is 1.64. The lowest BCUT2D eigenvalue weighted by Gasteiger charge is -2.50. The largest absolute Gasteiger partial charge is 0.397 e. The highest BCUT2D eigenvalue weighted by atomic mass is 32.3. The lowest BCUT2D eigenvalue weighted by atomic mass is 9.94. The average molecular weight is 788 g/mol. The van der Waals surface area contributed by atoms with Crippen LogP contribution in [0.1, 0.15) is 6.92 Å². The number of aliphatic hydroxyl groups excluding tert-OH is 12. The SMILES string of the molecule is CC(=O)N[C@H]1[C@H](O[C@H]2[C@@H](O)[C@@H](CO)O[C@@H](O[C@H]3[C@H](O)[C@@H](O)[C@H](O)O[C@@H]3CO)[C@@H]2O)O[C@H](CO)[C@H](O)[C@@H]1O[C@@H]1O[C@H](CO)[C@H](O)[C@H](OS(=O)(=O)O)[C@H]1O. The first kappa shape index (κ1) is 43.3. The van der Waals surface area contributed by atoms with Gasteiger partial charge in [-0.2, -0.15) is 8.42 Å². The summed E-state index contributed by atoms with van der Waals surface area (Å²) in [6.07, 6.45) is -36.4. The van der Waals surface area contributed by atoms with E-state index in [1.165, 1.54) is 0 Å². The first-order chi connectivity index (χ1) is 24.4. The van der Waals surface area contributed by atoms with Crippen LogP contribution in [-0.2, 0) is 52.5 Å². The number of aliphatic hydroxyl groups is 12. The summed E-state index contributed by atoms with van der Waals surface area (Å²) >= 11 is 0. The van der Waals surface area contributed by atoms with Crippen LogP contribution in [0.5, 0.6) is 0 Å². The molecule has 0 unspecified atom stereocenters. The summed E-state index contributed by atoms with van der Waals surface area (Å²) in [5.74, 6) is -0.851. The van der Waals surface area contributed by atoms with Gasteiger partial charge in [-0.3, -0.25) is 9.35 Å². The van der Waals surface area contributed by atoms with Crippen LogP contribution in [0, 0.1) is 0 Å². The molecule has 0 bridgehead atoms. The van der Waals surface area contributed by atoms with E-state index in [0.717, 1.165) is 6.92 Å². The fraction of sp³-hybridized carbons (Fsp3) is 0.962. The summed E-state index contributed by atoms with van der Waals surface area (Å²) in [7, 11) is -5.33. The molecule has 4 fully saturated rings. The molecule has 4 aliphatic heterocycles. The Labute approximate surface area is 294 Å². The summed E-state index contributed by atoms with van der Waals surface area (Å²) in [6, 6.07) is -1.75. The maximum Gasteiger partial charge on any atom is 0.397 e. The molecule has 0 aromatic carbocycles. The minimum atomic E-state index is -5.33. The van der Waals surface area contributed by atoms with Gasteiger partial charge in [-0.25, -0.2) is 4.18 Å². The molecule has 0 aromatic rings. The van der Waals surface area contributed by atoms with Gasteiger partial charge in [0.2, 0.25) is 5.91 Å². The molecule has 20 atom stereocenters. The van der Waals surface area contributed by atoms with Gasteiger partial charge in [0.1, 0.15) is 97.6 Å². The van der Waals surface area contributed by atoms with Gasteiger partial charge in [-0.1, -0.05) is 0 Å². The molecule has 4 aliphatic rings. The zero-order valence-corrected chi connectivity index (χ0v) is 27.9. The zero-order valence-electron chi connectivity index (χ0n) is 27.1. The number of rotatable bonds is 13. The highest BCUT2D eigenvalue weighted by Crippen LogP contribution is 2.35. The predicted octanol–water partition coefficient (Wildman–Crippen LogP) is -9.78. The fourth-order valence-corrected chi connectivity index (χ4v) is 6.69. The van der Waals surface area contributed by atoms with E-state index in [9.17, 15) is 79.0 Å². The molecule has 4 heterocycles. The second kappa shape index (κ2) is 18.0. The third kappa shape index (κ3) is 9.50. The quantitative estimate of drug-likeness (QED) is 0.0770. The normalized spacial score (nSPS) is 47.6. The Kier molecular flexibility index (Phi) is 15.0. The minimum Gasteiger partial charge on any atom is -0.394 e. The molecule has 4 rings (SSSR count). The van der Waals surface area contributed by atoms with Crippen LogP contribution in [0.2, 0.25) is 0 Å². The number of hydrogen-bond acceptors (Lipinski definition) is 23. The Morgan fingerprint density at radius 3 is 1.46 bits per heavy atom. The van der Waals surface area contributed by atoms with E-state index < -0.39 is 165 Å². The fourth-order valence-electron chi connectivity index (χ4n) is 6.18. The smallest absolute Gasteiger partial charge is 0.394 e. The van der Waals surface area contributed by atoms with Crippen LogP contribution >= 0.6 is 0 Å². The van der Waals surface area contributed by atoms with Crippen molar-refractivity contribution >= 4 is 16.3 Å². The number of carbonyl (C=O) groups is 1. The second-order valence-electron chi connectivity index (χ2n) is 12.4. The van der Waals surface area contributed by atoms with Crippen molar-refractivity contribution in [3.05, 3.63) is 0 Å². The van der Waals surface area contributed by atoms with Crippen molar-refractivity contribution in [3.8, 4) is 0 Å². The maximum absolute atomic E-state index is 12.4. The van der Waals surface area contributed by atoms with Crippen molar-refractivity contribution in [2.45, 2.75) is 130 Å². The Morgan fingerprint density at radius 1 is 0.558 bits per heavy atom. The van der Waals surface area contributed by atoms with Crippen molar-refractivity contribution in [2.75, 3.05) is 26.4 Å². The number of nitrogens with one attached hydrogen (secondary N) is 1. The van der Waals surface area contributed by atoms with E-state index in [1.807, 2.05) is 0 Å². The Hall–Kier alpha value is -1.42. The zero-order chi connectivity index (χ0) is 38.8. The second-order valence-corrected chi connectivity index (χ2v) is 13.4. The molecule has 52 heavy (non-hydrogen) atoms. The van der Waals surface area contributed by atoms with Gasteiger partial charge >= 0.3 is 10.4 Å². The standard InChI is InChI=1S/C26H45NO24S/c1-6(32)27-11-20(49-26-18(39)22(51-52(41,42)43)14(35)9(4-30)47-26)12(33)7(2-28)45-24(11)50-21-13(34)8(3-29)46-25(17(21)38)48-19-10(5-31)44-23(40)16(37)15(19)36/h7-26,28-31,33-40H,2-5H2,1H3,(H,27,32)(H,41,42,43)/t7-,8-,9-,10-,11-,12+,13+,14+,15-,16-,17-,18-,19-,20-,21+,22+,23-,24+,25+,26+/m1/s1. The molecular formula is C26H45NO24S. The van der Waals surface area contributed by atoms with Crippen molar-refractivity contribution in [1.82, 2.24) is 5.32 Å². The summed E-state index contributed by atoms with van der Waals surface area (Å²) in [5, 5.41) is 127. The molecule has 0 aromatic heterocycles. The molecule has 0 radical (unpaired) electrons. The van der Waals surface area contributed by atoms with E-state index in [0.29, 0.717) is 0 Å². The molecule has 304 valence electrons. The maximum atomic E-state index is 12.4. The molecule has 25 nitrogen and oxygen atoms in total. The summed E-state index contributed by atoms with van der Waals surface area (Å²) in [5.41, 5.74) is 0. The van der Waals surface area contributed by atoms with Crippen LogP contribution in [0.3, 0.4) is 0 Å². The third-order valence-electron chi connectivity index (χ3n) is 8.81. The lowest BCUT2D eigenvalue weighted by Crippen LogP contribution is -2.70. The van der Waals surface area contributed by atoms with Gasteiger partial charge in [0.15, 0.2) is 25.2 Å². The van der Waals surface area contributed by atoms with E-state index in [4.69, 9.17) is 33.2 Å². The van der Waals surface area contributed by atoms with Crippen molar-refractivity contribution < 1.29 is 116 Å². The average Bonchev–Trinajstić information content (AvgIpc) is 3.08. The van der Waals surface area contributed by atoms with E-state index >= 15 is 0 Å². The summed E-state index contributed by atoms with van der Waals surface area (Å²) in [6.45, 7) is -2.85. The Morgan fingerprint density at radius 2 is 0.981 bits per heavy atom. The topological polar surface area (TPSA) is 400 Å². The molecule has 4 saturated heterocycles. The summed E-state index contributed by atoms with van der Waals surface area (Å²) in [4.78, 5) is 12.4. The van der Waals surface area contributed by atoms with Crippen LogP contribution in [-0.4, -0.2) is 229 Å². The predicted molar refractivity (Wildman–Crippen MR) is 156 cm³/mol. The highest BCUT2D eigenvalue weighted by Gasteiger charge is 2.56. The molecule has 0 saturated carbocycles. The number of carbonyl (C=O) groups excluding carboxylic acids is 1.